The second-order valence-corrected chi connectivity index (χ2v) is 5.43. The molecule has 0 aliphatic rings. The van der Waals surface area contributed by atoms with Gasteiger partial charge in [0, 0.05) is 18.8 Å². The molecule has 7 heteroatoms. The van der Waals surface area contributed by atoms with E-state index < -0.39 is 0 Å². The molecule has 0 aliphatic carbocycles. The number of pyridine rings is 1. The van der Waals surface area contributed by atoms with Gasteiger partial charge in [0.15, 0.2) is 5.82 Å². The number of nitrogens with one attached hydrogen (secondary N) is 2. The molecule has 2 amide bonds. The molecular weight excluding hydrogens is 325 g/mol. The summed E-state index contributed by atoms with van der Waals surface area (Å²) in [6, 6.07) is 8.51. The summed E-state index contributed by atoms with van der Waals surface area (Å²) in [6.45, 7) is 1.43. The molecule has 0 atom stereocenters. The Morgan fingerprint density at radius 1 is 1.14 bits per heavy atom. The zero-order valence-electron chi connectivity index (χ0n) is 11.7. The van der Waals surface area contributed by atoms with Gasteiger partial charge in [0.05, 0.1) is 16.5 Å². The third-order valence-corrected chi connectivity index (χ3v) is 3.20. The molecule has 0 fully saturated rings. The minimum atomic E-state index is -0.246. The summed E-state index contributed by atoms with van der Waals surface area (Å²) in [7, 11) is 0. The minimum Gasteiger partial charge on any atom is -0.326 e. The van der Waals surface area contributed by atoms with Gasteiger partial charge < -0.3 is 10.6 Å². The number of hydrogen-bond donors (Lipinski definition) is 2. The number of anilines is 2. The van der Waals surface area contributed by atoms with Crippen molar-refractivity contribution in [2.75, 3.05) is 10.6 Å². The molecular formula is C15H13Cl2N3O2. The molecule has 22 heavy (non-hydrogen) atoms. The first-order valence-electron chi connectivity index (χ1n) is 6.41. The third-order valence-electron chi connectivity index (χ3n) is 2.70. The average Bonchev–Trinajstić information content (AvgIpc) is 2.43. The lowest BCUT2D eigenvalue weighted by atomic mass is 10.1. The highest BCUT2D eigenvalue weighted by molar-refractivity contribution is 6.36. The van der Waals surface area contributed by atoms with Crippen LogP contribution in [0.3, 0.4) is 0 Å². The molecule has 0 unspecified atom stereocenters. The highest BCUT2D eigenvalue weighted by Crippen LogP contribution is 2.22. The predicted molar refractivity (Wildman–Crippen MR) is 87.3 cm³/mol. The number of hydrogen-bond acceptors (Lipinski definition) is 3. The van der Waals surface area contributed by atoms with E-state index >= 15 is 0 Å². The topological polar surface area (TPSA) is 71.1 Å². The third kappa shape index (κ3) is 4.72. The van der Waals surface area contributed by atoms with Gasteiger partial charge in [-0.3, -0.25) is 9.59 Å². The Labute approximate surface area is 137 Å². The molecule has 0 bridgehead atoms. The van der Waals surface area contributed by atoms with Crippen molar-refractivity contribution in [1.82, 2.24) is 4.98 Å². The molecule has 1 heterocycles. The van der Waals surface area contributed by atoms with Crippen LogP contribution in [0.5, 0.6) is 0 Å². The number of aromatic nitrogens is 1. The summed E-state index contributed by atoms with van der Waals surface area (Å²) >= 11 is 11.7. The second kappa shape index (κ2) is 7.24. The Balaban J connectivity index is 1.98. The molecule has 0 radical (unpaired) electrons. The number of carbonyl (C=O) groups is 2. The van der Waals surface area contributed by atoms with Crippen molar-refractivity contribution in [3.05, 3.63) is 52.1 Å². The summed E-state index contributed by atoms with van der Waals surface area (Å²) in [4.78, 5) is 26.9. The van der Waals surface area contributed by atoms with Gasteiger partial charge in [-0.25, -0.2) is 4.98 Å². The van der Waals surface area contributed by atoms with E-state index in [9.17, 15) is 9.59 Å². The molecule has 0 saturated heterocycles. The smallest absolute Gasteiger partial charge is 0.229 e. The van der Waals surface area contributed by atoms with E-state index in [0.29, 0.717) is 10.7 Å². The lowest BCUT2D eigenvalue weighted by molar-refractivity contribution is -0.116. The maximum absolute atomic E-state index is 12.0. The van der Waals surface area contributed by atoms with Crippen LogP contribution in [-0.2, 0) is 16.0 Å². The maximum atomic E-state index is 12.0. The van der Waals surface area contributed by atoms with Gasteiger partial charge in [-0.1, -0.05) is 35.3 Å². The van der Waals surface area contributed by atoms with Crippen LogP contribution in [0.15, 0.2) is 36.5 Å². The van der Waals surface area contributed by atoms with Crippen molar-refractivity contribution in [2.24, 2.45) is 0 Å². The van der Waals surface area contributed by atoms with E-state index in [-0.39, 0.29) is 29.1 Å². The van der Waals surface area contributed by atoms with Crippen LogP contribution in [0.4, 0.5) is 11.5 Å². The zero-order chi connectivity index (χ0) is 16.1. The van der Waals surface area contributed by atoms with Crippen LogP contribution in [0.1, 0.15) is 12.5 Å². The first-order valence-corrected chi connectivity index (χ1v) is 7.17. The van der Waals surface area contributed by atoms with Crippen LogP contribution < -0.4 is 10.6 Å². The largest absolute Gasteiger partial charge is 0.326 e. The zero-order valence-corrected chi connectivity index (χ0v) is 13.2. The molecule has 0 aliphatic heterocycles. The minimum absolute atomic E-state index is 0.144. The van der Waals surface area contributed by atoms with Crippen LogP contribution in [0.25, 0.3) is 0 Å². The predicted octanol–water partition coefficient (Wildman–Crippen LogP) is 3.53. The summed E-state index contributed by atoms with van der Waals surface area (Å²) in [6.07, 6.45) is 1.58. The Kier molecular flexibility index (Phi) is 5.35. The monoisotopic (exact) mass is 337 g/mol. The normalized spacial score (nSPS) is 10.1. The van der Waals surface area contributed by atoms with Crippen LogP contribution >= 0.6 is 23.2 Å². The molecule has 2 rings (SSSR count). The number of benzene rings is 1. The lowest BCUT2D eigenvalue weighted by Gasteiger charge is -2.07. The van der Waals surface area contributed by atoms with Gasteiger partial charge in [-0.15, -0.1) is 0 Å². The van der Waals surface area contributed by atoms with Gasteiger partial charge in [-0.2, -0.15) is 0 Å². The Morgan fingerprint density at radius 3 is 2.41 bits per heavy atom. The molecule has 1 aromatic carbocycles. The summed E-state index contributed by atoms with van der Waals surface area (Å²) in [5.74, 6) is -0.121. The van der Waals surface area contributed by atoms with Crippen molar-refractivity contribution in [3.8, 4) is 0 Å². The summed E-state index contributed by atoms with van der Waals surface area (Å²) in [5.41, 5.74) is 1.48. The molecule has 0 saturated carbocycles. The van der Waals surface area contributed by atoms with Crippen LogP contribution in [0, 0.1) is 0 Å². The van der Waals surface area contributed by atoms with Crippen LogP contribution in [-0.4, -0.2) is 16.8 Å². The van der Waals surface area contributed by atoms with Gasteiger partial charge in [0.1, 0.15) is 0 Å². The number of halogens is 2. The summed E-state index contributed by atoms with van der Waals surface area (Å²) in [5, 5.41) is 5.96. The maximum Gasteiger partial charge on any atom is 0.229 e. The van der Waals surface area contributed by atoms with Crippen molar-refractivity contribution in [1.29, 1.82) is 0 Å². The second-order valence-electron chi connectivity index (χ2n) is 4.59. The van der Waals surface area contributed by atoms with E-state index in [1.54, 1.807) is 24.3 Å². The van der Waals surface area contributed by atoms with E-state index in [1.807, 2.05) is 0 Å². The van der Waals surface area contributed by atoms with Crippen molar-refractivity contribution in [3.63, 3.8) is 0 Å². The Morgan fingerprint density at radius 2 is 1.82 bits per heavy atom. The van der Waals surface area contributed by atoms with E-state index in [1.165, 1.54) is 19.2 Å². The van der Waals surface area contributed by atoms with Crippen molar-refractivity contribution < 1.29 is 9.59 Å². The van der Waals surface area contributed by atoms with E-state index in [2.05, 4.69) is 15.6 Å². The molecule has 114 valence electrons. The fourth-order valence-electron chi connectivity index (χ4n) is 1.78. The van der Waals surface area contributed by atoms with E-state index in [4.69, 9.17) is 23.2 Å². The summed E-state index contributed by atoms with van der Waals surface area (Å²) < 4.78 is 0. The van der Waals surface area contributed by atoms with Gasteiger partial charge >= 0.3 is 0 Å². The number of rotatable bonds is 4. The quantitative estimate of drug-likeness (QED) is 0.896. The number of carbonyl (C=O) groups excluding carboxylic acids is 2. The highest BCUT2D eigenvalue weighted by Gasteiger charge is 2.09. The number of amides is 2. The molecule has 2 N–H and O–H groups in total. The first-order chi connectivity index (χ1) is 10.4. The molecule has 0 spiro atoms. The molecule has 1 aromatic heterocycles. The van der Waals surface area contributed by atoms with Gasteiger partial charge in [-0.05, 0) is 23.8 Å². The Hall–Kier alpha value is -2.11. The molecule has 5 nitrogen and oxygen atoms in total. The fourth-order valence-corrected chi connectivity index (χ4v) is 2.20. The van der Waals surface area contributed by atoms with Crippen molar-refractivity contribution >= 4 is 46.5 Å². The Bertz CT molecular complexity index is 702. The van der Waals surface area contributed by atoms with Gasteiger partial charge in [0.25, 0.3) is 0 Å². The molecule has 2 aromatic rings. The van der Waals surface area contributed by atoms with E-state index in [0.717, 1.165) is 5.56 Å². The van der Waals surface area contributed by atoms with Gasteiger partial charge in [0.2, 0.25) is 11.8 Å². The standard InChI is InChI=1S/C15H13Cl2N3O2/c1-9(21)19-12-4-2-10(3-5-12)6-14(22)20-15-13(17)7-11(16)8-18-15/h2-5,7-8H,6H2,1H3,(H,19,21)(H,18,20,22). The average molecular weight is 338 g/mol. The fraction of sp³-hybridized carbons (Fsp3) is 0.133. The SMILES string of the molecule is CC(=O)Nc1ccc(CC(=O)Nc2ncc(Cl)cc2Cl)cc1. The van der Waals surface area contributed by atoms with Crippen molar-refractivity contribution in [2.45, 2.75) is 13.3 Å². The first kappa shape index (κ1) is 16.3. The highest BCUT2D eigenvalue weighted by atomic mass is 35.5. The van der Waals surface area contributed by atoms with Crippen LogP contribution in [0.2, 0.25) is 10.0 Å². The number of nitrogens with zero attached hydrogens (tertiary/aromatic N) is 1. The lowest BCUT2D eigenvalue weighted by Crippen LogP contribution is -2.15.